The van der Waals surface area contributed by atoms with E-state index in [9.17, 15) is 18.0 Å². The molecular formula is C21H26N2O6S. The first kappa shape index (κ1) is 23.5. The van der Waals surface area contributed by atoms with Crippen molar-refractivity contribution < 1.29 is 27.5 Å². The molecule has 8 nitrogen and oxygen atoms in total. The van der Waals surface area contributed by atoms with Gasteiger partial charge >= 0.3 is 5.97 Å². The highest BCUT2D eigenvalue weighted by Gasteiger charge is 2.21. The third-order valence-electron chi connectivity index (χ3n) is 4.14. The fraction of sp³-hybridized carbons (Fsp3) is 0.333. The van der Waals surface area contributed by atoms with Gasteiger partial charge in [-0.3, -0.25) is 9.59 Å². The van der Waals surface area contributed by atoms with Gasteiger partial charge < -0.3 is 14.4 Å². The molecule has 0 heterocycles. The Labute approximate surface area is 176 Å². The van der Waals surface area contributed by atoms with E-state index in [-0.39, 0.29) is 43.3 Å². The summed E-state index contributed by atoms with van der Waals surface area (Å²) in [6, 6.07) is 14.8. The molecule has 0 spiro atoms. The molecule has 9 heteroatoms. The lowest BCUT2D eigenvalue weighted by Gasteiger charge is -2.22. The molecule has 162 valence electrons. The first-order valence-corrected chi connectivity index (χ1v) is 10.9. The molecule has 0 aliphatic heterocycles. The van der Waals surface area contributed by atoms with Gasteiger partial charge in [-0.25, -0.2) is 13.1 Å². The van der Waals surface area contributed by atoms with Crippen LogP contribution in [-0.2, 0) is 30.8 Å². The third kappa shape index (κ3) is 6.94. The van der Waals surface area contributed by atoms with Gasteiger partial charge in [0, 0.05) is 25.8 Å². The highest BCUT2D eigenvalue weighted by molar-refractivity contribution is 7.89. The predicted octanol–water partition coefficient (Wildman–Crippen LogP) is 1.82. The van der Waals surface area contributed by atoms with Crippen molar-refractivity contribution >= 4 is 21.9 Å². The van der Waals surface area contributed by atoms with Gasteiger partial charge in [-0.15, -0.1) is 0 Å². The number of rotatable bonds is 11. The molecular weight excluding hydrogens is 408 g/mol. The average Bonchev–Trinajstić information content (AvgIpc) is 2.74. The molecule has 0 unspecified atom stereocenters. The molecule has 0 radical (unpaired) electrons. The molecule has 30 heavy (non-hydrogen) atoms. The van der Waals surface area contributed by atoms with Crippen LogP contribution in [0.1, 0.15) is 22.8 Å². The highest BCUT2D eigenvalue weighted by atomic mass is 32.2. The normalized spacial score (nSPS) is 11.1. The maximum Gasteiger partial charge on any atom is 0.325 e. The molecule has 0 aliphatic rings. The largest absolute Gasteiger partial charge is 0.465 e. The first-order valence-electron chi connectivity index (χ1n) is 9.45. The molecule has 0 atom stereocenters. The Balaban J connectivity index is 2.18. The Kier molecular flexibility index (Phi) is 8.97. The van der Waals surface area contributed by atoms with E-state index in [1.54, 1.807) is 6.92 Å². The van der Waals surface area contributed by atoms with Crippen LogP contribution in [0.3, 0.4) is 0 Å². The molecule has 2 rings (SSSR count). The van der Waals surface area contributed by atoms with Crippen LogP contribution < -0.4 is 4.72 Å². The summed E-state index contributed by atoms with van der Waals surface area (Å²) in [6.45, 7) is 2.31. The number of methoxy groups -OCH3 is 1. The van der Waals surface area contributed by atoms with Gasteiger partial charge in [-0.05, 0) is 36.8 Å². The molecule has 0 aromatic heterocycles. The zero-order valence-corrected chi connectivity index (χ0v) is 17.9. The van der Waals surface area contributed by atoms with Crippen LogP contribution in [0.4, 0.5) is 0 Å². The number of hydrogen-bond donors (Lipinski definition) is 1. The topological polar surface area (TPSA) is 102 Å². The Hall–Kier alpha value is -2.75. The summed E-state index contributed by atoms with van der Waals surface area (Å²) in [6.07, 6.45) is 0. The van der Waals surface area contributed by atoms with Gasteiger partial charge in [-0.1, -0.05) is 30.3 Å². The SMILES string of the molecule is CCOC(=O)CN(Cc1ccccc1)C(=O)c1ccc(S(=O)(=O)NCCOC)cc1. The number of carbonyl (C=O) groups excluding carboxylic acids is 2. The number of benzene rings is 2. The molecule has 0 saturated carbocycles. The van der Waals surface area contributed by atoms with E-state index in [1.165, 1.54) is 36.3 Å². The zero-order valence-electron chi connectivity index (χ0n) is 17.0. The smallest absolute Gasteiger partial charge is 0.325 e. The summed E-state index contributed by atoms with van der Waals surface area (Å²) in [5.74, 6) is -0.911. The molecule has 0 fully saturated rings. The standard InChI is InChI=1S/C21H26N2O6S/c1-3-29-20(24)16-23(15-17-7-5-4-6-8-17)21(25)18-9-11-19(12-10-18)30(26,27)22-13-14-28-2/h4-12,22H,3,13-16H2,1-2H3. The molecule has 0 bridgehead atoms. The highest BCUT2D eigenvalue weighted by Crippen LogP contribution is 2.14. The van der Waals surface area contributed by atoms with E-state index in [2.05, 4.69) is 4.72 Å². The van der Waals surface area contributed by atoms with Crippen LogP contribution in [0.25, 0.3) is 0 Å². The maximum atomic E-state index is 13.0. The molecule has 1 amide bonds. The number of esters is 1. The summed E-state index contributed by atoms with van der Waals surface area (Å²) in [7, 11) is -2.22. The van der Waals surface area contributed by atoms with Crippen molar-refractivity contribution in [3.05, 3.63) is 65.7 Å². The summed E-state index contributed by atoms with van der Waals surface area (Å²) in [5, 5.41) is 0. The zero-order chi connectivity index (χ0) is 22.0. The van der Waals surface area contributed by atoms with Gasteiger partial charge in [0.2, 0.25) is 10.0 Å². The van der Waals surface area contributed by atoms with Gasteiger partial charge in [0.15, 0.2) is 0 Å². The number of amides is 1. The number of carbonyl (C=O) groups is 2. The lowest BCUT2D eigenvalue weighted by molar-refractivity contribution is -0.143. The van der Waals surface area contributed by atoms with E-state index in [0.717, 1.165) is 5.56 Å². The minimum absolute atomic E-state index is 0.0372. The fourth-order valence-electron chi connectivity index (χ4n) is 2.69. The average molecular weight is 435 g/mol. The Bertz CT molecular complexity index is 930. The van der Waals surface area contributed by atoms with Crippen LogP contribution in [0.2, 0.25) is 0 Å². The monoisotopic (exact) mass is 434 g/mol. The van der Waals surface area contributed by atoms with Crippen LogP contribution in [0.15, 0.2) is 59.5 Å². The number of ether oxygens (including phenoxy) is 2. The minimum atomic E-state index is -3.70. The van der Waals surface area contributed by atoms with Gasteiger partial charge in [-0.2, -0.15) is 0 Å². The van der Waals surface area contributed by atoms with Crippen molar-refractivity contribution in [2.45, 2.75) is 18.4 Å². The summed E-state index contributed by atoms with van der Waals surface area (Å²) < 4.78 is 36.7. The summed E-state index contributed by atoms with van der Waals surface area (Å²) >= 11 is 0. The number of nitrogens with one attached hydrogen (secondary N) is 1. The minimum Gasteiger partial charge on any atom is -0.465 e. The van der Waals surface area contributed by atoms with Crippen molar-refractivity contribution in [3.63, 3.8) is 0 Å². The third-order valence-corrected chi connectivity index (χ3v) is 5.62. The van der Waals surface area contributed by atoms with Crippen LogP contribution in [0, 0.1) is 0 Å². The summed E-state index contributed by atoms with van der Waals surface area (Å²) in [5.41, 5.74) is 1.13. The predicted molar refractivity (Wildman–Crippen MR) is 111 cm³/mol. The molecule has 2 aromatic rings. The van der Waals surface area contributed by atoms with Crippen LogP contribution >= 0.6 is 0 Å². The van der Waals surface area contributed by atoms with E-state index >= 15 is 0 Å². The Morgan fingerprint density at radius 3 is 2.30 bits per heavy atom. The van der Waals surface area contributed by atoms with E-state index in [1.807, 2.05) is 30.3 Å². The first-order chi connectivity index (χ1) is 14.4. The second-order valence-corrected chi connectivity index (χ2v) is 8.13. The maximum absolute atomic E-state index is 13.0. The molecule has 0 saturated heterocycles. The molecule has 2 aromatic carbocycles. The number of sulfonamides is 1. The quantitative estimate of drug-likeness (QED) is 0.428. The van der Waals surface area contributed by atoms with Crippen molar-refractivity contribution in [2.24, 2.45) is 0 Å². The molecule has 0 aliphatic carbocycles. The van der Waals surface area contributed by atoms with E-state index in [0.29, 0.717) is 0 Å². The lowest BCUT2D eigenvalue weighted by Crippen LogP contribution is -2.36. The Morgan fingerprint density at radius 2 is 1.70 bits per heavy atom. The van der Waals surface area contributed by atoms with Gasteiger partial charge in [0.1, 0.15) is 6.54 Å². The Morgan fingerprint density at radius 1 is 1.03 bits per heavy atom. The van der Waals surface area contributed by atoms with Crippen LogP contribution in [-0.4, -0.2) is 58.6 Å². The van der Waals surface area contributed by atoms with E-state index < -0.39 is 21.9 Å². The van der Waals surface area contributed by atoms with Crippen molar-refractivity contribution in [2.75, 3.05) is 33.4 Å². The fourth-order valence-corrected chi connectivity index (χ4v) is 3.70. The van der Waals surface area contributed by atoms with Gasteiger partial charge in [0.05, 0.1) is 18.1 Å². The molecule has 1 N–H and O–H groups in total. The number of hydrogen-bond acceptors (Lipinski definition) is 6. The number of nitrogens with zero attached hydrogens (tertiary/aromatic N) is 1. The second kappa shape index (κ2) is 11.4. The van der Waals surface area contributed by atoms with Gasteiger partial charge in [0.25, 0.3) is 5.91 Å². The van der Waals surface area contributed by atoms with E-state index in [4.69, 9.17) is 9.47 Å². The summed E-state index contributed by atoms with van der Waals surface area (Å²) in [4.78, 5) is 26.4. The van der Waals surface area contributed by atoms with Crippen molar-refractivity contribution in [3.8, 4) is 0 Å². The van der Waals surface area contributed by atoms with Crippen LogP contribution in [0.5, 0.6) is 0 Å². The second-order valence-electron chi connectivity index (χ2n) is 6.37. The van der Waals surface area contributed by atoms with Crippen molar-refractivity contribution in [1.82, 2.24) is 9.62 Å². The lowest BCUT2D eigenvalue weighted by atomic mass is 10.1. The van der Waals surface area contributed by atoms with Crippen molar-refractivity contribution in [1.29, 1.82) is 0 Å².